The number of ether oxygens (including phenoxy) is 1. The normalized spacial score (nSPS) is 11.0. The molecule has 0 spiro atoms. The quantitative estimate of drug-likeness (QED) is 0.819. The molecule has 21 heavy (non-hydrogen) atoms. The maximum atomic E-state index is 6.22. The van der Waals surface area contributed by atoms with Gasteiger partial charge in [0.1, 0.15) is 5.75 Å². The van der Waals surface area contributed by atoms with Crippen molar-refractivity contribution in [3.05, 3.63) is 52.0 Å². The topological polar surface area (TPSA) is 21.3 Å². The van der Waals surface area contributed by atoms with E-state index in [0.717, 1.165) is 28.3 Å². The van der Waals surface area contributed by atoms with Crippen LogP contribution in [-0.4, -0.2) is 13.2 Å². The van der Waals surface area contributed by atoms with Crippen molar-refractivity contribution >= 4 is 23.2 Å². The highest BCUT2D eigenvalue weighted by atomic mass is 35.5. The van der Waals surface area contributed by atoms with Crippen LogP contribution in [0, 0.1) is 0 Å². The van der Waals surface area contributed by atoms with Crippen molar-refractivity contribution in [1.29, 1.82) is 0 Å². The Labute approximate surface area is 136 Å². The summed E-state index contributed by atoms with van der Waals surface area (Å²) in [7, 11) is 1.61. The highest BCUT2D eigenvalue weighted by Crippen LogP contribution is 2.32. The van der Waals surface area contributed by atoms with E-state index in [1.165, 1.54) is 0 Å². The third-order valence-corrected chi connectivity index (χ3v) is 3.76. The molecule has 4 heteroatoms. The second-order valence-corrected chi connectivity index (χ2v) is 6.03. The summed E-state index contributed by atoms with van der Waals surface area (Å²) < 4.78 is 5.20. The Morgan fingerprint density at radius 3 is 2.48 bits per heavy atom. The third-order valence-electron chi connectivity index (χ3n) is 3.23. The maximum absolute atomic E-state index is 6.22. The smallest absolute Gasteiger partial charge is 0.137 e. The summed E-state index contributed by atoms with van der Waals surface area (Å²) in [5.74, 6) is 0.677. The minimum atomic E-state index is 0.413. The fraction of sp³-hybridized carbons (Fsp3) is 0.294. The number of benzene rings is 2. The van der Waals surface area contributed by atoms with E-state index in [1.807, 2.05) is 36.4 Å². The molecule has 0 heterocycles. The fourth-order valence-electron chi connectivity index (χ4n) is 2.14. The first-order valence-corrected chi connectivity index (χ1v) is 7.62. The highest BCUT2D eigenvalue weighted by Gasteiger charge is 2.09. The standard InChI is InChI=1S/C17H19Cl2NO/c1-11(2)20-10-13-8-14(18)5-6-15(13)12-4-7-17(21-3)16(19)9-12/h4-9,11,20H,10H2,1-3H3. The Hall–Kier alpha value is -1.22. The summed E-state index contributed by atoms with van der Waals surface area (Å²) in [6.45, 7) is 5.00. The van der Waals surface area contributed by atoms with Crippen LogP contribution in [0.25, 0.3) is 11.1 Å². The van der Waals surface area contributed by atoms with Crippen molar-refractivity contribution in [3.63, 3.8) is 0 Å². The lowest BCUT2D eigenvalue weighted by Crippen LogP contribution is -2.22. The molecule has 0 atom stereocenters. The van der Waals surface area contributed by atoms with Gasteiger partial charge in [-0.15, -0.1) is 0 Å². The molecule has 0 bridgehead atoms. The molecule has 0 aliphatic rings. The van der Waals surface area contributed by atoms with Gasteiger partial charge in [-0.25, -0.2) is 0 Å². The van der Waals surface area contributed by atoms with Crippen molar-refractivity contribution in [2.24, 2.45) is 0 Å². The van der Waals surface area contributed by atoms with Gasteiger partial charge >= 0.3 is 0 Å². The Morgan fingerprint density at radius 2 is 1.86 bits per heavy atom. The molecule has 2 aromatic carbocycles. The Morgan fingerprint density at radius 1 is 1.10 bits per heavy atom. The van der Waals surface area contributed by atoms with E-state index >= 15 is 0 Å². The fourth-order valence-corrected chi connectivity index (χ4v) is 2.59. The van der Waals surface area contributed by atoms with Crippen LogP contribution in [0.3, 0.4) is 0 Å². The highest BCUT2D eigenvalue weighted by molar-refractivity contribution is 6.32. The van der Waals surface area contributed by atoms with Crippen LogP contribution in [-0.2, 0) is 6.54 Å². The average molecular weight is 324 g/mol. The number of methoxy groups -OCH3 is 1. The summed E-state index contributed by atoms with van der Waals surface area (Å²) in [6, 6.07) is 12.1. The molecule has 0 radical (unpaired) electrons. The summed E-state index contributed by atoms with van der Waals surface area (Å²) >= 11 is 12.3. The molecular formula is C17H19Cl2NO. The van der Waals surface area contributed by atoms with Gasteiger partial charge in [0.25, 0.3) is 0 Å². The zero-order valence-electron chi connectivity index (χ0n) is 12.4. The molecule has 0 unspecified atom stereocenters. The largest absolute Gasteiger partial charge is 0.495 e. The zero-order valence-corrected chi connectivity index (χ0v) is 13.9. The van der Waals surface area contributed by atoms with Crippen LogP contribution < -0.4 is 10.1 Å². The van der Waals surface area contributed by atoms with Crippen molar-refractivity contribution < 1.29 is 4.74 Å². The Bertz CT molecular complexity index is 626. The lowest BCUT2D eigenvalue weighted by Gasteiger charge is -2.14. The lowest BCUT2D eigenvalue weighted by molar-refractivity contribution is 0.415. The third kappa shape index (κ3) is 4.13. The number of halogens is 2. The van der Waals surface area contributed by atoms with Gasteiger partial charge in [0.2, 0.25) is 0 Å². The van der Waals surface area contributed by atoms with Crippen molar-refractivity contribution in [2.75, 3.05) is 7.11 Å². The van der Waals surface area contributed by atoms with Crippen molar-refractivity contribution in [2.45, 2.75) is 26.4 Å². The van der Waals surface area contributed by atoms with E-state index in [-0.39, 0.29) is 0 Å². The summed E-state index contributed by atoms with van der Waals surface area (Å²) in [4.78, 5) is 0. The van der Waals surface area contributed by atoms with Gasteiger partial charge in [0, 0.05) is 17.6 Å². The van der Waals surface area contributed by atoms with E-state index in [9.17, 15) is 0 Å². The summed E-state index contributed by atoms with van der Waals surface area (Å²) in [5.41, 5.74) is 3.33. The lowest BCUT2D eigenvalue weighted by atomic mass is 9.99. The second-order valence-electron chi connectivity index (χ2n) is 5.19. The summed E-state index contributed by atoms with van der Waals surface area (Å²) in [6.07, 6.45) is 0. The Kier molecular flexibility index (Phi) is 5.51. The van der Waals surface area contributed by atoms with Crippen LogP contribution in [0.15, 0.2) is 36.4 Å². The van der Waals surface area contributed by atoms with Crippen LogP contribution >= 0.6 is 23.2 Å². The van der Waals surface area contributed by atoms with Gasteiger partial charge in [-0.1, -0.05) is 49.2 Å². The first-order valence-electron chi connectivity index (χ1n) is 6.87. The molecule has 1 N–H and O–H groups in total. The van der Waals surface area contributed by atoms with Crippen molar-refractivity contribution in [1.82, 2.24) is 5.32 Å². The number of hydrogen-bond acceptors (Lipinski definition) is 2. The summed E-state index contributed by atoms with van der Waals surface area (Å²) in [5, 5.41) is 4.76. The molecule has 0 amide bonds. The van der Waals surface area contributed by atoms with E-state index in [0.29, 0.717) is 16.8 Å². The number of rotatable bonds is 5. The van der Waals surface area contributed by atoms with Gasteiger partial charge < -0.3 is 10.1 Å². The van der Waals surface area contributed by atoms with E-state index < -0.39 is 0 Å². The molecule has 2 aromatic rings. The first-order chi connectivity index (χ1) is 10.0. The molecule has 0 saturated carbocycles. The van der Waals surface area contributed by atoms with Gasteiger partial charge in [0.05, 0.1) is 12.1 Å². The number of nitrogens with one attached hydrogen (secondary N) is 1. The van der Waals surface area contributed by atoms with E-state index in [4.69, 9.17) is 27.9 Å². The molecular weight excluding hydrogens is 305 g/mol. The van der Waals surface area contributed by atoms with Gasteiger partial charge in [-0.2, -0.15) is 0 Å². The minimum absolute atomic E-state index is 0.413. The van der Waals surface area contributed by atoms with Crippen molar-refractivity contribution in [3.8, 4) is 16.9 Å². The molecule has 2 nitrogen and oxygen atoms in total. The van der Waals surface area contributed by atoms with Crippen LogP contribution in [0.1, 0.15) is 19.4 Å². The SMILES string of the molecule is COc1ccc(-c2ccc(Cl)cc2CNC(C)C)cc1Cl. The molecule has 0 aromatic heterocycles. The van der Waals surface area contributed by atoms with Gasteiger partial charge in [0.15, 0.2) is 0 Å². The molecule has 0 saturated heterocycles. The van der Waals surface area contributed by atoms with Gasteiger partial charge in [-0.3, -0.25) is 0 Å². The van der Waals surface area contributed by atoms with E-state index in [2.05, 4.69) is 19.2 Å². The first kappa shape index (κ1) is 16.2. The van der Waals surface area contributed by atoms with Crippen LogP contribution in [0.5, 0.6) is 5.75 Å². The zero-order chi connectivity index (χ0) is 15.4. The Balaban J connectivity index is 2.40. The predicted octanol–water partition coefficient (Wildman–Crippen LogP) is 5.17. The van der Waals surface area contributed by atoms with E-state index in [1.54, 1.807) is 7.11 Å². The number of hydrogen-bond donors (Lipinski definition) is 1. The minimum Gasteiger partial charge on any atom is -0.495 e. The molecule has 0 aliphatic heterocycles. The monoisotopic (exact) mass is 323 g/mol. The average Bonchev–Trinajstić information content (AvgIpc) is 2.45. The maximum Gasteiger partial charge on any atom is 0.137 e. The van der Waals surface area contributed by atoms with Crippen LogP contribution in [0.2, 0.25) is 10.0 Å². The van der Waals surface area contributed by atoms with Gasteiger partial charge in [-0.05, 0) is 41.0 Å². The molecule has 2 rings (SSSR count). The predicted molar refractivity (Wildman–Crippen MR) is 90.4 cm³/mol. The second kappa shape index (κ2) is 7.17. The van der Waals surface area contributed by atoms with Crippen LogP contribution in [0.4, 0.5) is 0 Å². The molecule has 0 aliphatic carbocycles. The molecule has 112 valence electrons. The molecule has 0 fully saturated rings.